The highest BCUT2D eigenvalue weighted by Gasteiger charge is 2.24. The van der Waals surface area contributed by atoms with Crippen molar-refractivity contribution in [3.8, 4) is 28.8 Å². The van der Waals surface area contributed by atoms with E-state index in [0.717, 1.165) is 42.2 Å². The van der Waals surface area contributed by atoms with Crippen LogP contribution in [0.3, 0.4) is 0 Å². The monoisotopic (exact) mass is 566 g/mol. The first-order chi connectivity index (χ1) is 19.2. The van der Waals surface area contributed by atoms with Crippen molar-refractivity contribution in [1.82, 2.24) is 20.2 Å². The quantitative estimate of drug-likeness (QED) is 0.153. The molecule has 0 atom stereocenters. The lowest BCUT2D eigenvalue weighted by Gasteiger charge is -2.16. The van der Waals surface area contributed by atoms with E-state index >= 15 is 0 Å². The molecular weight excluding hydrogens is 538 g/mol. The standard InChI is InChI=1S/C28H28F2N6O3S/c1-6-15(2)16(3)39-27(31-4)20-11-10-18(24(33-20)19-13-21(25(29)30)32-14-22(19)38-5)26(37)34-28-36-35-23(40-28)12-9-17-7-8-17/h10-11,13-14,17,25H,6-8H2,1-5H3,(H,34,36,37). The molecule has 4 rings (SSSR count). The Bertz CT molecular complexity index is 1540. The first-order valence-electron chi connectivity index (χ1n) is 12.5. The van der Waals surface area contributed by atoms with Crippen LogP contribution in [0.2, 0.25) is 0 Å². The average Bonchev–Trinajstić information content (AvgIpc) is 3.70. The number of hydrogen-bond acceptors (Lipinski definition) is 9. The van der Waals surface area contributed by atoms with E-state index in [-0.39, 0.29) is 33.6 Å². The summed E-state index contributed by atoms with van der Waals surface area (Å²) < 4.78 is 38.6. The van der Waals surface area contributed by atoms with E-state index in [1.54, 1.807) is 13.1 Å². The minimum absolute atomic E-state index is 0.0769. The number of ether oxygens (including phenoxy) is 2. The predicted molar refractivity (Wildman–Crippen MR) is 149 cm³/mol. The molecular formula is C28H28F2N6O3S. The maximum Gasteiger partial charge on any atom is 0.280 e. The number of nitrogens with one attached hydrogen (secondary N) is 1. The summed E-state index contributed by atoms with van der Waals surface area (Å²) in [6.45, 7) is 5.77. The Balaban J connectivity index is 1.77. The number of pyridine rings is 2. The summed E-state index contributed by atoms with van der Waals surface area (Å²) in [6, 6.07) is 4.24. The van der Waals surface area contributed by atoms with Crippen LogP contribution >= 0.6 is 11.3 Å². The van der Waals surface area contributed by atoms with Crippen molar-refractivity contribution >= 4 is 28.3 Å². The van der Waals surface area contributed by atoms with Crippen LogP contribution in [0.25, 0.3) is 11.3 Å². The molecule has 0 unspecified atom stereocenters. The second kappa shape index (κ2) is 12.7. The van der Waals surface area contributed by atoms with Gasteiger partial charge in [0.2, 0.25) is 11.0 Å². The molecule has 1 saturated carbocycles. The van der Waals surface area contributed by atoms with E-state index in [4.69, 9.17) is 9.47 Å². The average molecular weight is 567 g/mol. The van der Waals surface area contributed by atoms with Gasteiger partial charge in [-0.25, -0.2) is 13.8 Å². The Morgan fingerprint density at radius 2 is 2.05 bits per heavy atom. The number of allylic oxidation sites excluding steroid dienone is 2. The van der Waals surface area contributed by atoms with Gasteiger partial charge in [0.15, 0.2) is 5.01 Å². The smallest absolute Gasteiger partial charge is 0.280 e. The zero-order chi connectivity index (χ0) is 28.8. The number of halogens is 2. The summed E-state index contributed by atoms with van der Waals surface area (Å²) in [5.74, 6) is 6.91. The van der Waals surface area contributed by atoms with Crippen molar-refractivity contribution in [3.05, 3.63) is 57.7 Å². The molecule has 0 saturated heterocycles. The molecule has 3 aromatic heterocycles. The van der Waals surface area contributed by atoms with Crippen LogP contribution in [0, 0.1) is 17.8 Å². The van der Waals surface area contributed by atoms with Crippen LogP contribution in [0.1, 0.15) is 73.2 Å². The molecule has 1 N–H and O–H groups in total. The number of aromatic nitrogens is 4. The molecule has 1 fully saturated rings. The molecule has 0 radical (unpaired) electrons. The summed E-state index contributed by atoms with van der Waals surface area (Å²) >= 11 is 1.14. The Labute approximate surface area is 234 Å². The number of carbonyl (C=O) groups excluding carboxylic acids is 1. The number of amides is 1. The largest absolute Gasteiger partial charge is 0.494 e. The van der Waals surface area contributed by atoms with Gasteiger partial charge in [-0.2, -0.15) is 0 Å². The van der Waals surface area contributed by atoms with Gasteiger partial charge in [0.25, 0.3) is 12.3 Å². The van der Waals surface area contributed by atoms with Crippen LogP contribution in [0.5, 0.6) is 5.75 Å². The fourth-order valence-electron chi connectivity index (χ4n) is 3.47. The summed E-state index contributed by atoms with van der Waals surface area (Å²) in [4.78, 5) is 26.1. The Hall–Kier alpha value is -4.24. The lowest BCUT2D eigenvalue weighted by atomic mass is 10.0. The van der Waals surface area contributed by atoms with Crippen molar-refractivity contribution in [2.45, 2.75) is 46.5 Å². The van der Waals surface area contributed by atoms with E-state index < -0.39 is 18.0 Å². The van der Waals surface area contributed by atoms with Crippen molar-refractivity contribution < 1.29 is 23.0 Å². The predicted octanol–water partition coefficient (Wildman–Crippen LogP) is 6.05. The van der Waals surface area contributed by atoms with Crippen molar-refractivity contribution in [2.24, 2.45) is 10.9 Å². The third-order valence-corrected chi connectivity index (χ3v) is 6.89. The maximum absolute atomic E-state index is 13.6. The first kappa shape index (κ1) is 28.8. The van der Waals surface area contributed by atoms with Crippen molar-refractivity contribution in [2.75, 3.05) is 19.5 Å². The lowest BCUT2D eigenvalue weighted by Crippen LogP contribution is -2.16. The molecule has 0 aromatic carbocycles. The number of methoxy groups -OCH3 is 1. The molecule has 1 aliphatic carbocycles. The number of rotatable bonds is 8. The van der Waals surface area contributed by atoms with Crippen LogP contribution in [-0.4, -0.2) is 46.1 Å². The van der Waals surface area contributed by atoms with E-state index in [1.807, 2.05) is 20.8 Å². The van der Waals surface area contributed by atoms with Crippen LogP contribution in [0.4, 0.5) is 13.9 Å². The van der Waals surface area contributed by atoms with Gasteiger partial charge >= 0.3 is 0 Å². The molecule has 3 heterocycles. The molecule has 208 valence electrons. The molecule has 1 amide bonds. The summed E-state index contributed by atoms with van der Waals surface area (Å²) in [6.07, 6.45) is 1.27. The third kappa shape index (κ3) is 6.84. The van der Waals surface area contributed by atoms with Gasteiger partial charge < -0.3 is 9.47 Å². The maximum atomic E-state index is 13.6. The van der Waals surface area contributed by atoms with Crippen LogP contribution < -0.4 is 10.1 Å². The molecule has 0 bridgehead atoms. The van der Waals surface area contributed by atoms with Gasteiger partial charge in [0.05, 0.1) is 24.6 Å². The SMILES string of the molecule is CCC(C)=C(C)OC(=NC)c1ccc(C(=O)Nc2nnc(C#CC3CC3)s2)c(-c2cc(C(F)F)ncc2OC)n1. The normalized spacial score (nSPS) is 13.8. The molecule has 9 nitrogen and oxygen atoms in total. The highest BCUT2D eigenvalue weighted by molar-refractivity contribution is 7.15. The number of carbonyl (C=O) groups is 1. The fraction of sp³-hybridized carbons (Fsp3) is 0.357. The number of aliphatic imine (C=N–C) groups is 1. The molecule has 0 spiro atoms. The highest BCUT2D eigenvalue weighted by Crippen LogP contribution is 2.34. The molecule has 0 aliphatic heterocycles. The Morgan fingerprint density at radius 1 is 1.27 bits per heavy atom. The minimum Gasteiger partial charge on any atom is -0.494 e. The van der Waals surface area contributed by atoms with Gasteiger partial charge in [0.1, 0.15) is 22.9 Å². The van der Waals surface area contributed by atoms with E-state index in [9.17, 15) is 13.6 Å². The lowest BCUT2D eigenvalue weighted by molar-refractivity contribution is 0.102. The van der Waals surface area contributed by atoms with Gasteiger partial charge in [-0.15, -0.1) is 10.2 Å². The summed E-state index contributed by atoms with van der Waals surface area (Å²) in [5.41, 5.74) is 1.14. The summed E-state index contributed by atoms with van der Waals surface area (Å²) in [5, 5.41) is 11.5. The zero-order valence-electron chi connectivity index (χ0n) is 22.7. The third-order valence-electron chi connectivity index (χ3n) is 6.14. The number of nitrogens with zero attached hydrogens (tertiary/aromatic N) is 5. The second-order valence-electron chi connectivity index (χ2n) is 8.93. The fourth-order valence-corrected chi connectivity index (χ4v) is 4.07. The topological polar surface area (TPSA) is 111 Å². The first-order valence-corrected chi connectivity index (χ1v) is 13.4. The van der Waals surface area contributed by atoms with E-state index in [0.29, 0.717) is 22.4 Å². The van der Waals surface area contributed by atoms with Crippen molar-refractivity contribution in [1.29, 1.82) is 0 Å². The summed E-state index contributed by atoms with van der Waals surface area (Å²) in [7, 11) is 2.92. The van der Waals surface area contributed by atoms with Gasteiger partial charge in [-0.1, -0.05) is 24.2 Å². The van der Waals surface area contributed by atoms with Crippen molar-refractivity contribution in [3.63, 3.8) is 0 Å². The second-order valence-corrected chi connectivity index (χ2v) is 9.91. The number of anilines is 1. The molecule has 12 heteroatoms. The number of alkyl halides is 2. The Kier molecular flexibility index (Phi) is 9.16. The molecule has 3 aromatic rings. The van der Waals surface area contributed by atoms with Gasteiger partial charge in [-0.3, -0.25) is 20.1 Å². The highest BCUT2D eigenvalue weighted by atomic mass is 32.1. The van der Waals surface area contributed by atoms with Crippen LogP contribution in [-0.2, 0) is 4.74 Å². The zero-order valence-corrected chi connectivity index (χ0v) is 23.5. The minimum atomic E-state index is -2.84. The molecule has 40 heavy (non-hydrogen) atoms. The van der Waals surface area contributed by atoms with Gasteiger partial charge in [0, 0.05) is 18.5 Å². The number of hydrogen-bond donors (Lipinski definition) is 1. The van der Waals surface area contributed by atoms with Gasteiger partial charge in [-0.05, 0) is 62.8 Å². The molecule has 1 aliphatic rings. The van der Waals surface area contributed by atoms with E-state index in [1.165, 1.54) is 19.4 Å². The van der Waals surface area contributed by atoms with E-state index in [2.05, 4.69) is 42.3 Å². The Morgan fingerprint density at radius 3 is 2.70 bits per heavy atom. The van der Waals surface area contributed by atoms with Crippen LogP contribution in [0.15, 0.2) is 40.7 Å².